The third-order valence-corrected chi connectivity index (χ3v) is 2.39. The van der Waals surface area contributed by atoms with Crippen LogP contribution in [0.15, 0.2) is 24.3 Å². The number of alkyl halides is 2. The molecule has 0 saturated heterocycles. The first kappa shape index (κ1) is 16.6. The van der Waals surface area contributed by atoms with E-state index in [1.807, 2.05) is 5.32 Å². The number of aliphatic hydroxyl groups is 1. The van der Waals surface area contributed by atoms with Crippen LogP contribution >= 0.6 is 0 Å². The van der Waals surface area contributed by atoms with E-state index in [1.54, 1.807) is 0 Å². The Morgan fingerprint density at radius 3 is 2.43 bits per heavy atom. The highest BCUT2D eigenvalue weighted by Gasteiger charge is 2.25. The molecule has 21 heavy (non-hydrogen) atoms. The van der Waals surface area contributed by atoms with Crippen molar-refractivity contribution in [2.75, 3.05) is 5.32 Å². The molecular formula is C12H14F2N2O5. The third kappa shape index (κ3) is 5.22. The number of ether oxygens (including phenoxy) is 1. The number of anilines is 1. The zero-order chi connectivity index (χ0) is 16.0. The summed E-state index contributed by atoms with van der Waals surface area (Å²) in [4.78, 5) is 22.4. The SMILES string of the molecule is C[C@@H](O)[C@H](NC(=O)Nc1ccccc1OC(F)F)C(=O)O. The van der Waals surface area contributed by atoms with E-state index in [9.17, 15) is 23.5 Å². The van der Waals surface area contributed by atoms with Gasteiger partial charge in [-0.2, -0.15) is 8.78 Å². The second kappa shape index (κ2) is 7.39. The molecule has 0 aliphatic heterocycles. The number of carbonyl (C=O) groups is 2. The van der Waals surface area contributed by atoms with Gasteiger partial charge in [-0.3, -0.25) is 0 Å². The molecule has 4 N–H and O–H groups in total. The number of para-hydroxylation sites is 2. The summed E-state index contributed by atoms with van der Waals surface area (Å²) in [5.74, 6) is -1.70. The zero-order valence-corrected chi connectivity index (χ0v) is 10.9. The van der Waals surface area contributed by atoms with Gasteiger partial charge >= 0.3 is 18.6 Å². The van der Waals surface area contributed by atoms with Crippen LogP contribution in [0, 0.1) is 0 Å². The highest BCUT2D eigenvalue weighted by molar-refractivity contribution is 5.93. The first-order valence-electron chi connectivity index (χ1n) is 5.83. The van der Waals surface area contributed by atoms with Crippen LogP contribution in [0.25, 0.3) is 0 Å². The molecule has 7 nitrogen and oxygen atoms in total. The highest BCUT2D eigenvalue weighted by Crippen LogP contribution is 2.25. The van der Waals surface area contributed by atoms with E-state index in [4.69, 9.17) is 5.11 Å². The normalized spacial score (nSPS) is 13.4. The van der Waals surface area contributed by atoms with Crippen LogP contribution < -0.4 is 15.4 Å². The van der Waals surface area contributed by atoms with Crippen molar-refractivity contribution in [3.8, 4) is 5.75 Å². The predicted octanol–water partition coefficient (Wildman–Crippen LogP) is 1.24. The first-order chi connectivity index (χ1) is 9.81. The Morgan fingerprint density at radius 2 is 1.90 bits per heavy atom. The molecule has 0 radical (unpaired) electrons. The van der Waals surface area contributed by atoms with E-state index in [0.29, 0.717) is 0 Å². The van der Waals surface area contributed by atoms with E-state index < -0.39 is 30.8 Å². The number of nitrogens with one attached hydrogen (secondary N) is 2. The van der Waals surface area contributed by atoms with Gasteiger partial charge in [-0.05, 0) is 19.1 Å². The number of carbonyl (C=O) groups excluding carboxylic acids is 1. The van der Waals surface area contributed by atoms with Gasteiger partial charge < -0.3 is 25.6 Å². The van der Waals surface area contributed by atoms with Crippen molar-refractivity contribution in [3.63, 3.8) is 0 Å². The maximum atomic E-state index is 12.2. The highest BCUT2D eigenvalue weighted by atomic mass is 19.3. The number of halogens is 2. The van der Waals surface area contributed by atoms with Gasteiger partial charge in [-0.1, -0.05) is 12.1 Å². The molecule has 0 saturated carbocycles. The van der Waals surface area contributed by atoms with Crippen LogP contribution in [0.2, 0.25) is 0 Å². The van der Waals surface area contributed by atoms with E-state index >= 15 is 0 Å². The van der Waals surface area contributed by atoms with Gasteiger partial charge in [0.05, 0.1) is 11.8 Å². The Labute approximate surface area is 118 Å². The summed E-state index contributed by atoms with van der Waals surface area (Å²) in [6.07, 6.45) is -1.33. The molecule has 9 heteroatoms. The standard InChI is InChI=1S/C12H14F2N2O5/c1-6(17)9(10(18)19)16-12(20)15-7-4-2-3-5-8(7)21-11(13)14/h2-6,9,11,17H,1H3,(H,18,19)(H2,15,16,20)/t6-,9+/m1/s1. The number of carboxylic acid groups (broad SMARTS) is 1. The lowest BCUT2D eigenvalue weighted by Crippen LogP contribution is -2.49. The summed E-state index contributed by atoms with van der Waals surface area (Å²) in [6.45, 7) is -1.88. The quantitative estimate of drug-likeness (QED) is 0.632. The molecular weight excluding hydrogens is 290 g/mol. The second-order valence-corrected chi connectivity index (χ2v) is 4.03. The Bertz CT molecular complexity index is 510. The van der Waals surface area contributed by atoms with Crippen molar-refractivity contribution in [3.05, 3.63) is 24.3 Å². The lowest BCUT2D eigenvalue weighted by atomic mass is 10.2. The number of amides is 2. The number of hydrogen-bond donors (Lipinski definition) is 4. The minimum absolute atomic E-state index is 0.0648. The average Bonchev–Trinajstić information content (AvgIpc) is 2.37. The number of aliphatic hydroxyl groups excluding tert-OH is 1. The maximum absolute atomic E-state index is 12.2. The molecule has 1 rings (SSSR count). The molecule has 0 bridgehead atoms. The summed E-state index contributed by atoms with van der Waals surface area (Å²) in [7, 11) is 0. The second-order valence-electron chi connectivity index (χ2n) is 4.03. The molecule has 1 aromatic rings. The molecule has 0 spiro atoms. The van der Waals surface area contributed by atoms with Gasteiger partial charge in [0.2, 0.25) is 0 Å². The molecule has 0 aliphatic carbocycles. The van der Waals surface area contributed by atoms with Crippen molar-refractivity contribution < 1.29 is 33.3 Å². The number of carboxylic acids is 1. The van der Waals surface area contributed by atoms with Crippen LogP contribution in [0.5, 0.6) is 5.75 Å². The van der Waals surface area contributed by atoms with Gasteiger partial charge in [0.25, 0.3) is 0 Å². The van der Waals surface area contributed by atoms with Gasteiger partial charge in [0.1, 0.15) is 5.75 Å². The smallest absolute Gasteiger partial charge is 0.387 e. The van der Waals surface area contributed by atoms with E-state index in [2.05, 4.69) is 10.1 Å². The molecule has 0 unspecified atom stereocenters. The largest absolute Gasteiger partial charge is 0.480 e. The van der Waals surface area contributed by atoms with Gasteiger partial charge in [-0.15, -0.1) is 0 Å². The molecule has 0 fully saturated rings. The topological polar surface area (TPSA) is 108 Å². The summed E-state index contributed by atoms with van der Waals surface area (Å²) < 4.78 is 28.6. The molecule has 1 aromatic carbocycles. The molecule has 116 valence electrons. The third-order valence-electron chi connectivity index (χ3n) is 2.39. The minimum Gasteiger partial charge on any atom is -0.480 e. The maximum Gasteiger partial charge on any atom is 0.387 e. The molecule has 0 heterocycles. The van der Waals surface area contributed by atoms with Crippen LogP contribution in [-0.2, 0) is 4.79 Å². The fourth-order valence-corrected chi connectivity index (χ4v) is 1.46. The van der Waals surface area contributed by atoms with Crippen molar-refractivity contribution >= 4 is 17.7 Å². The van der Waals surface area contributed by atoms with Gasteiger partial charge in [-0.25, -0.2) is 9.59 Å². The zero-order valence-electron chi connectivity index (χ0n) is 10.9. The fourth-order valence-electron chi connectivity index (χ4n) is 1.46. The lowest BCUT2D eigenvalue weighted by molar-refractivity contribution is -0.141. The summed E-state index contributed by atoms with van der Waals surface area (Å²) in [6, 6.07) is 2.90. The van der Waals surface area contributed by atoms with Crippen LogP contribution in [0.3, 0.4) is 0 Å². The number of benzene rings is 1. The van der Waals surface area contributed by atoms with Gasteiger partial charge in [0, 0.05) is 0 Å². The predicted molar refractivity (Wildman–Crippen MR) is 68.3 cm³/mol. The summed E-state index contributed by atoms with van der Waals surface area (Å²) in [5.41, 5.74) is -0.0648. The van der Waals surface area contributed by atoms with Crippen molar-refractivity contribution in [2.24, 2.45) is 0 Å². The minimum atomic E-state index is -3.07. The number of urea groups is 1. The molecule has 2 atom stereocenters. The number of rotatable bonds is 6. The Hall–Kier alpha value is -2.42. The van der Waals surface area contributed by atoms with E-state index in [0.717, 1.165) is 0 Å². The summed E-state index contributed by atoms with van der Waals surface area (Å²) in [5, 5.41) is 22.2. The van der Waals surface area contributed by atoms with Crippen molar-refractivity contribution in [1.29, 1.82) is 0 Å². The monoisotopic (exact) mass is 304 g/mol. The lowest BCUT2D eigenvalue weighted by Gasteiger charge is -2.18. The van der Waals surface area contributed by atoms with E-state index in [-0.39, 0.29) is 11.4 Å². The Morgan fingerprint density at radius 1 is 1.29 bits per heavy atom. The van der Waals surface area contributed by atoms with Crippen LogP contribution in [-0.4, -0.2) is 41.0 Å². The average molecular weight is 304 g/mol. The summed E-state index contributed by atoms with van der Waals surface area (Å²) >= 11 is 0. The van der Waals surface area contributed by atoms with Crippen LogP contribution in [0.1, 0.15) is 6.92 Å². The molecule has 2 amide bonds. The molecule has 0 aromatic heterocycles. The Balaban J connectivity index is 2.77. The first-order valence-corrected chi connectivity index (χ1v) is 5.83. The van der Waals surface area contributed by atoms with E-state index in [1.165, 1.54) is 31.2 Å². The van der Waals surface area contributed by atoms with Gasteiger partial charge in [0.15, 0.2) is 6.04 Å². The van der Waals surface area contributed by atoms with Crippen molar-refractivity contribution in [2.45, 2.75) is 25.7 Å². The number of aliphatic carboxylic acids is 1. The Kier molecular flexibility index (Phi) is 5.85. The van der Waals surface area contributed by atoms with Crippen LogP contribution in [0.4, 0.5) is 19.3 Å². The fraction of sp³-hybridized carbons (Fsp3) is 0.333. The molecule has 0 aliphatic rings. The van der Waals surface area contributed by atoms with Crippen molar-refractivity contribution in [1.82, 2.24) is 5.32 Å². The number of hydrogen-bond acceptors (Lipinski definition) is 4.